The smallest absolute Gasteiger partial charge is 0.339 e. The van der Waals surface area contributed by atoms with E-state index in [1.807, 2.05) is 74.5 Å². The lowest BCUT2D eigenvalue weighted by Gasteiger charge is -2.24. The fourth-order valence-electron chi connectivity index (χ4n) is 4.08. The third-order valence-corrected chi connectivity index (χ3v) is 9.56. The highest BCUT2D eigenvalue weighted by molar-refractivity contribution is 9.05. The highest BCUT2D eigenvalue weighted by atomic mass is 33.5. The van der Waals surface area contributed by atoms with Gasteiger partial charge >= 0.3 is 5.97 Å². The number of thiol groups is 2. The second-order valence-electron chi connectivity index (χ2n) is 11.6. The van der Waals surface area contributed by atoms with Crippen molar-refractivity contribution >= 4 is 73.6 Å². The van der Waals surface area contributed by atoms with E-state index >= 15 is 0 Å². The standard InChI is InChI=1S/C9H13NO.C9H13NS3.C9H13NS.C8H9NO2.3H2/c1-9(2,11)7-5-3-4-6-8(7)10;1-9(2,12-13-11)7-5-3-4-6-8(7)10;1-9(2,11)7-5-3-4-6-8(7)10;1-11-8(10)6-4-2-3-5-7(6)9;;;/h3-6,11H,10H2,1-2H3;3-6,11H,10H2,1-2H3;3-6,11H,10H2,1-2H3;2-5H,9H2,1H3;3*1H/i;;;;2*1+2T;1+2. The van der Waals surface area contributed by atoms with Gasteiger partial charge in [-0.25, -0.2) is 4.79 Å². The van der Waals surface area contributed by atoms with Gasteiger partial charge in [0.1, 0.15) is 0 Å². The number of aliphatic hydroxyl groups is 1. The monoisotopic (exact) mass is 716 g/mol. The molecular formula is C35H54N4O3S4. The van der Waals surface area contributed by atoms with E-state index in [4.69, 9.17) is 28.9 Å². The molecule has 0 fully saturated rings. The number of rotatable bonds is 6. The first-order valence-electron chi connectivity index (χ1n) is 16.3. The number of hydrogen-bond acceptors (Lipinski definition) is 11. The summed E-state index contributed by atoms with van der Waals surface area (Å²) in [7, 11) is 4.50. The second-order valence-corrected chi connectivity index (χ2v) is 16.4. The van der Waals surface area contributed by atoms with Crippen molar-refractivity contribution in [2.24, 2.45) is 0 Å². The molecule has 4 aromatic carbocycles. The van der Waals surface area contributed by atoms with Crippen LogP contribution in [0.1, 0.15) is 76.0 Å². The molecule has 0 aliphatic carbocycles. The average Bonchev–Trinajstić information content (AvgIpc) is 3.07. The minimum atomic E-state index is -0.842. The van der Waals surface area contributed by atoms with E-state index < -0.39 is 11.6 Å². The van der Waals surface area contributed by atoms with Gasteiger partial charge in [-0.1, -0.05) is 89.2 Å². The molecule has 0 atom stereocenters. The number of carbonyl (C=O) groups is 1. The molecule has 0 aliphatic heterocycles. The van der Waals surface area contributed by atoms with Gasteiger partial charge in [0.25, 0.3) is 0 Å². The highest BCUT2D eigenvalue weighted by Crippen LogP contribution is 2.46. The van der Waals surface area contributed by atoms with E-state index in [1.165, 1.54) is 22.5 Å². The van der Waals surface area contributed by atoms with E-state index in [-0.39, 0.29) is 10.9 Å². The number of anilines is 4. The van der Waals surface area contributed by atoms with Gasteiger partial charge in [0.2, 0.25) is 0 Å². The van der Waals surface area contributed by atoms with Crippen LogP contribution in [0.5, 0.6) is 0 Å². The van der Waals surface area contributed by atoms with E-state index in [9.17, 15) is 9.90 Å². The van der Waals surface area contributed by atoms with Crippen LogP contribution < -0.4 is 22.9 Å². The molecule has 0 saturated heterocycles. The van der Waals surface area contributed by atoms with Gasteiger partial charge in [0.05, 0.1) is 18.3 Å². The molecular weight excluding hydrogens is 653 g/mol. The number of ether oxygens (including phenoxy) is 1. The number of hydrogen-bond donors (Lipinski definition) is 7. The third kappa shape index (κ3) is 13.7. The molecule has 0 unspecified atom stereocenters. The lowest BCUT2D eigenvalue weighted by atomic mass is 9.97. The number of benzene rings is 4. The number of para-hydroxylation sites is 4. The van der Waals surface area contributed by atoms with E-state index in [0.717, 1.165) is 22.5 Å². The molecule has 4 rings (SSSR count). The summed E-state index contributed by atoms with van der Waals surface area (Å²) in [5, 5.41) is 9.59. The predicted molar refractivity (Wildman–Crippen MR) is 216 cm³/mol. The Kier molecular flexibility index (Phi) is 15.4. The van der Waals surface area contributed by atoms with E-state index in [1.54, 1.807) is 55.0 Å². The molecule has 0 saturated carbocycles. The molecule has 0 aliphatic rings. The molecule has 9 N–H and O–H groups in total. The summed E-state index contributed by atoms with van der Waals surface area (Å²) < 4.78 is 24.4. The van der Waals surface area contributed by atoms with Gasteiger partial charge in [-0.05, 0) is 92.8 Å². The lowest BCUT2D eigenvalue weighted by Crippen LogP contribution is -2.17. The fraction of sp³-hybridized carbons (Fsp3) is 0.286. The van der Waals surface area contributed by atoms with E-state index in [2.05, 4.69) is 48.9 Å². The summed E-state index contributed by atoms with van der Waals surface area (Å²) >= 11 is 8.57. The van der Waals surface area contributed by atoms with Gasteiger partial charge in [-0.15, -0.1) is 0 Å². The van der Waals surface area contributed by atoms with Gasteiger partial charge in [0.15, 0.2) is 0 Å². The minimum Gasteiger partial charge on any atom is -0.465 e. The molecule has 0 spiro atoms. The molecule has 11 heteroatoms. The minimum absolute atomic E-state index is 0. The van der Waals surface area contributed by atoms with Crippen LogP contribution in [0.15, 0.2) is 97.1 Å². The first-order chi connectivity index (χ1) is 23.4. The Morgan fingerprint density at radius 1 is 0.696 bits per heavy atom. The first kappa shape index (κ1) is 37.4. The quantitative estimate of drug-likeness (QED) is 0.0448. The summed E-state index contributed by atoms with van der Waals surface area (Å²) in [4.78, 5) is 10.9. The van der Waals surface area contributed by atoms with Crippen LogP contribution in [0.2, 0.25) is 0 Å². The Bertz CT molecular complexity index is 1490. The Morgan fingerprint density at radius 2 is 1.07 bits per heavy atom. The Morgan fingerprint density at radius 3 is 1.37 bits per heavy atom. The number of nitrogen functional groups attached to an aromatic ring is 4. The fourth-order valence-corrected chi connectivity index (χ4v) is 7.26. The van der Waals surface area contributed by atoms with Gasteiger partial charge in [-0.3, -0.25) is 0 Å². The molecule has 46 heavy (non-hydrogen) atoms. The summed E-state index contributed by atoms with van der Waals surface area (Å²) in [6.07, 6.45) is 0. The maximum atomic E-state index is 10.9. The van der Waals surface area contributed by atoms with Gasteiger partial charge < -0.3 is 32.8 Å². The Hall–Kier alpha value is -3.09. The van der Waals surface area contributed by atoms with Crippen molar-refractivity contribution in [3.05, 3.63) is 119 Å². The molecule has 0 bridgehead atoms. The van der Waals surface area contributed by atoms with Crippen molar-refractivity contribution in [3.63, 3.8) is 0 Å². The normalized spacial score (nSPS) is 11.3. The van der Waals surface area contributed by atoms with Crippen LogP contribution in [0.3, 0.4) is 0 Å². The summed E-state index contributed by atoms with van der Waals surface area (Å²) in [5.74, 6) is -0.400. The van der Waals surface area contributed by atoms with Crippen LogP contribution in [0.4, 0.5) is 22.7 Å². The topological polar surface area (TPSA) is 151 Å². The summed E-state index contributed by atoms with van der Waals surface area (Å²) in [5.41, 5.74) is 28.1. The van der Waals surface area contributed by atoms with Crippen molar-refractivity contribution < 1.29 is 22.0 Å². The average molecular weight is 717 g/mol. The zero-order valence-corrected chi connectivity index (χ0v) is 30.9. The first-order valence-corrected chi connectivity index (χ1v) is 17.9. The van der Waals surface area contributed by atoms with E-state index in [0.29, 0.717) is 16.9 Å². The van der Waals surface area contributed by atoms with Gasteiger partial charge in [0, 0.05) is 45.2 Å². The van der Waals surface area contributed by atoms with Crippen LogP contribution in [0.25, 0.3) is 0 Å². The van der Waals surface area contributed by atoms with Crippen molar-refractivity contribution in [2.45, 2.75) is 56.6 Å². The van der Waals surface area contributed by atoms with Crippen molar-refractivity contribution in [1.82, 2.24) is 0 Å². The van der Waals surface area contributed by atoms with Crippen molar-refractivity contribution in [1.29, 1.82) is 0 Å². The maximum absolute atomic E-state index is 10.9. The highest BCUT2D eigenvalue weighted by Gasteiger charge is 2.23. The van der Waals surface area contributed by atoms with Gasteiger partial charge in [-0.2, -0.15) is 12.6 Å². The molecule has 0 heterocycles. The van der Waals surface area contributed by atoms with Crippen LogP contribution in [-0.4, -0.2) is 18.2 Å². The SMILES string of the molecule is CC(C)(O)c1ccccc1N.CC(C)(S)c1ccccc1N.CC(C)(SSS)c1ccccc1N.COC(=O)c1ccccc1N.[3HH].[3H][3H].[3H][3H]. The molecule has 0 amide bonds. The zero-order valence-electron chi connectivity index (χ0n) is 31.5. The van der Waals surface area contributed by atoms with Crippen molar-refractivity contribution in [2.75, 3.05) is 30.0 Å². The largest absolute Gasteiger partial charge is 0.465 e. The van der Waals surface area contributed by atoms with Crippen LogP contribution in [0, 0.1) is 0 Å². The number of nitrogens with two attached hydrogens (primary N) is 4. The number of esters is 1. The Balaban J connectivity index is -0.000000580. The van der Waals surface area contributed by atoms with Crippen LogP contribution >= 0.6 is 44.9 Å². The summed E-state index contributed by atoms with van der Waals surface area (Å²) in [6, 6.07) is 29.9. The maximum Gasteiger partial charge on any atom is 0.339 e. The lowest BCUT2D eigenvalue weighted by molar-refractivity contribution is 0.0601. The molecule has 0 aromatic heterocycles. The van der Waals surface area contributed by atoms with Crippen LogP contribution in [-0.2, 0) is 19.8 Å². The Labute approximate surface area is 300 Å². The predicted octanol–water partition coefficient (Wildman–Crippen LogP) is 9.45. The molecule has 0 radical (unpaired) electrons. The third-order valence-electron chi connectivity index (χ3n) is 6.46. The number of methoxy groups -OCH3 is 1. The zero-order chi connectivity index (χ0) is 39.1. The second kappa shape index (κ2) is 18.9. The number of carbonyl (C=O) groups excluding carboxylic acids is 1. The summed E-state index contributed by atoms with van der Waals surface area (Å²) in [6.45, 7) is 11.8. The molecule has 256 valence electrons. The molecule has 7 nitrogen and oxygen atoms in total. The van der Waals surface area contributed by atoms with Crippen molar-refractivity contribution in [3.8, 4) is 0 Å². The molecule has 4 aromatic rings.